The Morgan fingerprint density at radius 2 is 2.00 bits per heavy atom. The first-order valence-corrected chi connectivity index (χ1v) is 12.9. The van der Waals surface area contributed by atoms with Crippen LogP contribution in [0.3, 0.4) is 0 Å². The second kappa shape index (κ2) is 12.8. The lowest BCUT2D eigenvalue weighted by molar-refractivity contribution is -0.122. The largest absolute Gasteiger partial charge is 0.390 e. The molecule has 0 unspecified atom stereocenters. The van der Waals surface area contributed by atoms with Crippen LogP contribution in [0.1, 0.15) is 56.7 Å². The molecule has 1 fully saturated rings. The van der Waals surface area contributed by atoms with Crippen LogP contribution in [0.5, 0.6) is 0 Å². The molecule has 4 rings (SSSR count). The van der Waals surface area contributed by atoms with Gasteiger partial charge in [-0.15, -0.1) is 0 Å². The Morgan fingerprint density at radius 1 is 1.22 bits per heavy atom. The van der Waals surface area contributed by atoms with Gasteiger partial charge in [-0.3, -0.25) is 9.36 Å². The molecule has 2 aromatic heterocycles. The molecule has 1 aliphatic rings. The highest BCUT2D eigenvalue weighted by Gasteiger charge is 2.25. The van der Waals surface area contributed by atoms with E-state index in [2.05, 4.69) is 35.7 Å². The van der Waals surface area contributed by atoms with E-state index < -0.39 is 6.04 Å². The molecule has 0 saturated heterocycles. The number of rotatable bonds is 11. The molecule has 0 aliphatic heterocycles. The zero-order valence-electron chi connectivity index (χ0n) is 21.2. The summed E-state index contributed by atoms with van der Waals surface area (Å²) >= 11 is 0. The van der Waals surface area contributed by atoms with Crippen LogP contribution in [0.4, 0.5) is 17.5 Å². The van der Waals surface area contributed by atoms with Gasteiger partial charge in [0.2, 0.25) is 11.9 Å². The molecule has 1 aromatic carbocycles. The maximum Gasteiger partial charge on any atom is 0.242 e. The molecule has 10 heteroatoms. The van der Waals surface area contributed by atoms with Crippen LogP contribution >= 0.6 is 0 Å². The van der Waals surface area contributed by atoms with Gasteiger partial charge in [-0.1, -0.05) is 56.4 Å². The lowest BCUT2D eigenvalue weighted by Gasteiger charge is -2.27. The van der Waals surface area contributed by atoms with Crippen molar-refractivity contribution in [2.24, 2.45) is 5.92 Å². The third-order valence-corrected chi connectivity index (χ3v) is 6.57. The highest BCUT2D eigenvalue weighted by atomic mass is 16.3. The van der Waals surface area contributed by atoms with E-state index in [-0.39, 0.29) is 12.5 Å². The number of amides is 1. The van der Waals surface area contributed by atoms with Gasteiger partial charge < -0.3 is 21.1 Å². The third kappa shape index (κ3) is 7.27. The van der Waals surface area contributed by atoms with Crippen LogP contribution in [0.25, 0.3) is 10.7 Å². The summed E-state index contributed by atoms with van der Waals surface area (Å²) < 4.78 is 1.72. The predicted octanol–water partition coefficient (Wildman–Crippen LogP) is 4.20. The minimum absolute atomic E-state index is 0.0878. The SMILES string of the molecule is [C-]#[N+]c1ccc(CNC(=O)[C@@H](CC2CCCCC2)Nc2cc(-n3cnc(CO)c3)nc(NCC)n2)cc1. The van der Waals surface area contributed by atoms with E-state index in [1.807, 2.05) is 19.1 Å². The first-order valence-electron chi connectivity index (χ1n) is 12.9. The summed E-state index contributed by atoms with van der Waals surface area (Å²) in [6, 6.07) is 8.57. The number of imidazole rings is 1. The van der Waals surface area contributed by atoms with Gasteiger partial charge in [0.05, 0.1) is 18.9 Å². The summed E-state index contributed by atoms with van der Waals surface area (Å²) in [6.45, 7) is 9.95. The summed E-state index contributed by atoms with van der Waals surface area (Å²) in [5, 5.41) is 19.0. The van der Waals surface area contributed by atoms with Crippen molar-refractivity contribution in [2.45, 2.75) is 64.6 Å². The number of carbonyl (C=O) groups excluding carboxylic acids is 1. The Morgan fingerprint density at radius 3 is 2.68 bits per heavy atom. The van der Waals surface area contributed by atoms with Crippen molar-refractivity contribution in [1.29, 1.82) is 0 Å². The topological polar surface area (TPSA) is 121 Å². The normalized spacial score (nSPS) is 14.5. The maximum absolute atomic E-state index is 13.4. The van der Waals surface area contributed by atoms with E-state index in [0.29, 0.717) is 48.0 Å². The Balaban J connectivity index is 1.54. The molecule has 1 atom stereocenters. The van der Waals surface area contributed by atoms with E-state index in [9.17, 15) is 9.90 Å². The number of hydrogen-bond acceptors (Lipinski definition) is 7. The van der Waals surface area contributed by atoms with E-state index in [1.54, 1.807) is 35.3 Å². The number of anilines is 2. The molecule has 2 heterocycles. The molecule has 37 heavy (non-hydrogen) atoms. The zero-order chi connectivity index (χ0) is 26.0. The summed E-state index contributed by atoms with van der Waals surface area (Å²) in [4.78, 5) is 30.2. The summed E-state index contributed by atoms with van der Waals surface area (Å²) in [6.07, 6.45) is 9.93. The molecule has 4 N–H and O–H groups in total. The fraction of sp³-hybridized carbons (Fsp3) is 0.444. The van der Waals surface area contributed by atoms with Crippen molar-refractivity contribution >= 4 is 23.4 Å². The lowest BCUT2D eigenvalue weighted by atomic mass is 9.84. The van der Waals surface area contributed by atoms with Crippen molar-refractivity contribution in [1.82, 2.24) is 24.8 Å². The second-order valence-electron chi connectivity index (χ2n) is 9.33. The van der Waals surface area contributed by atoms with Crippen molar-refractivity contribution in [3.8, 4) is 5.82 Å². The van der Waals surface area contributed by atoms with Gasteiger partial charge >= 0.3 is 0 Å². The van der Waals surface area contributed by atoms with Crippen LogP contribution in [-0.4, -0.2) is 43.1 Å². The minimum atomic E-state index is -0.460. The van der Waals surface area contributed by atoms with Gasteiger partial charge in [-0.05, 0) is 24.8 Å². The van der Waals surface area contributed by atoms with E-state index in [1.165, 1.54) is 19.3 Å². The average Bonchev–Trinajstić information content (AvgIpc) is 3.42. The van der Waals surface area contributed by atoms with Gasteiger partial charge in [0, 0.05) is 25.4 Å². The number of benzene rings is 1. The number of aliphatic hydroxyl groups excluding tert-OH is 1. The second-order valence-corrected chi connectivity index (χ2v) is 9.33. The highest BCUT2D eigenvalue weighted by Crippen LogP contribution is 2.28. The molecular formula is C27H34N8O2. The minimum Gasteiger partial charge on any atom is -0.390 e. The number of aliphatic hydroxyl groups is 1. The van der Waals surface area contributed by atoms with Crippen molar-refractivity contribution < 1.29 is 9.90 Å². The number of aromatic nitrogens is 4. The smallest absolute Gasteiger partial charge is 0.242 e. The molecule has 0 spiro atoms. The van der Waals surface area contributed by atoms with Crippen LogP contribution < -0.4 is 16.0 Å². The van der Waals surface area contributed by atoms with Crippen LogP contribution in [0.15, 0.2) is 42.9 Å². The van der Waals surface area contributed by atoms with E-state index in [0.717, 1.165) is 24.8 Å². The zero-order valence-corrected chi connectivity index (χ0v) is 21.2. The van der Waals surface area contributed by atoms with Gasteiger partial charge in [-0.25, -0.2) is 9.83 Å². The predicted molar refractivity (Wildman–Crippen MR) is 142 cm³/mol. The Labute approximate surface area is 217 Å². The van der Waals surface area contributed by atoms with Crippen molar-refractivity contribution in [2.75, 3.05) is 17.2 Å². The van der Waals surface area contributed by atoms with Gasteiger partial charge in [0.15, 0.2) is 5.69 Å². The first kappa shape index (κ1) is 26.1. The molecule has 0 radical (unpaired) electrons. The fourth-order valence-corrected chi connectivity index (χ4v) is 4.62. The monoisotopic (exact) mass is 502 g/mol. The molecule has 1 amide bonds. The van der Waals surface area contributed by atoms with Crippen LogP contribution in [0.2, 0.25) is 0 Å². The van der Waals surface area contributed by atoms with Gasteiger partial charge in [0.1, 0.15) is 24.0 Å². The summed E-state index contributed by atoms with van der Waals surface area (Å²) in [7, 11) is 0. The summed E-state index contributed by atoms with van der Waals surface area (Å²) in [5.41, 5.74) is 2.06. The number of carbonyl (C=O) groups is 1. The number of nitrogens with one attached hydrogen (secondary N) is 3. The molecule has 3 aromatic rings. The van der Waals surface area contributed by atoms with Crippen LogP contribution in [0, 0.1) is 12.5 Å². The Bertz CT molecular complexity index is 1210. The number of nitrogens with zero attached hydrogens (tertiary/aromatic N) is 5. The molecule has 10 nitrogen and oxygen atoms in total. The molecule has 1 aliphatic carbocycles. The van der Waals surface area contributed by atoms with Crippen LogP contribution in [-0.2, 0) is 17.9 Å². The summed E-state index contributed by atoms with van der Waals surface area (Å²) in [5.74, 6) is 1.95. The quantitative estimate of drug-likeness (QED) is 0.290. The van der Waals surface area contributed by atoms with E-state index >= 15 is 0 Å². The maximum atomic E-state index is 13.4. The fourth-order valence-electron chi connectivity index (χ4n) is 4.62. The molecule has 0 bridgehead atoms. The first-order chi connectivity index (χ1) is 18.1. The average molecular weight is 503 g/mol. The highest BCUT2D eigenvalue weighted by molar-refractivity contribution is 5.84. The third-order valence-electron chi connectivity index (χ3n) is 6.57. The Kier molecular flexibility index (Phi) is 9.05. The number of hydrogen-bond donors (Lipinski definition) is 4. The molecule has 194 valence electrons. The molecular weight excluding hydrogens is 468 g/mol. The Hall–Kier alpha value is -3.97. The van der Waals surface area contributed by atoms with Crippen molar-refractivity contribution in [3.63, 3.8) is 0 Å². The lowest BCUT2D eigenvalue weighted by Crippen LogP contribution is -2.41. The van der Waals surface area contributed by atoms with E-state index in [4.69, 9.17) is 6.57 Å². The van der Waals surface area contributed by atoms with Gasteiger partial charge in [0.25, 0.3) is 0 Å². The van der Waals surface area contributed by atoms with Gasteiger partial charge in [-0.2, -0.15) is 9.97 Å². The molecule has 1 saturated carbocycles. The van der Waals surface area contributed by atoms with Crippen molar-refractivity contribution in [3.05, 3.63) is 65.5 Å². The standard InChI is InChI=1S/C27H34N8O2/c1-3-29-27-33-24(14-25(34-27)35-16-22(17-36)31-18-35)32-23(13-19-7-5-4-6-8-19)26(37)30-15-20-9-11-21(28-2)12-10-20/h9-12,14,16,18-19,23,36H,3-8,13,15,17H2,1H3,(H,30,37)(H2,29,32,33,34)/t23-/m1/s1.